The minimum atomic E-state index is -1.75. The second-order valence-electron chi connectivity index (χ2n) is 11.2. The van der Waals surface area contributed by atoms with E-state index in [1.807, 2.05) is 30.3 Å². The normalized spacial score (nSPS) is 17.7. The van der Waals surface area contributed by atoms with E-state index in [9.17, 15) is 9.90 Å². The van der Waals surface area contributed by atoms with E-state index in [-0.39, 0.29) is 17.7 Å². The Hall–Kier alpha value is -5.86. The molecule has 1 saturated heterocycles. The number of H-pyrrole nitrogens is 1. The standard InChI is InChI=1S/C33H32N10O4/c1-4-28(44)36-23-18-24(27(46-3)19-25(23)43-14-12-42(2)13-15-43)38-32-34-10-7-22(37-32)30-29(21-6-5-20-8-16-47-26(20)17-21)39-31(40-30)33(45)9-11-35-41-33/h4-11,16-19,45H,1,12-15H2,2-3H3,(H,36,44)(H,39,40)(H,34,37,38). The number of methoxy groups -OCH3 is 1. The summed E-state index contributed by atoms with van der Waals surface area (Å²) in [6.45, 7) is 6.97. The number of aliphatic hydroxyl groups is 1. The number of hydrogen-bond donors (Lipinski definition) is 4. The minimum absolute atomic E-state index is 0.177. The van der Waals surface area contributed by atoms with Crippen molar-refractivity contribution in [1.82, 2.24) is 24.8 Å². The summed E-state index contributed by atoms with van der Waals surface area (Å²) in [7, 11) is 3.67. The zero-order valence-electron chi connectivity index (χ0n) is 25.8. The zero-order chi connectivity index (χ0) is 32.5. The van der Waals surface area contributed by atoms with Crippen molar-refractivity contribution in [2.75, 3.05) is 55.9 Å². The van der Waals surface area contributed by atoms with E-state index in [2.05, 4.69) is 54.3 Å². The average Bonchev–Trinajstić information content (AvgIpc) is 3.86. The number of aromatic amines is 1. The van der Waals surface area contributed by atoms with E-state index in [4.69, 9.17) is 19.1 Å². The number of azo groups is 1. The lowest BCUT2D eigenvalue weighted by Gasteiger charge is -2.35. The molecule has 0 spiro atoms. The molecule has 4 N–H and O–H groups in total. The van der Waals surface area contributed by atoms with Crippen molar-refractivity contribution in [2.45, 2.75) is 5.72 Å². The third-order valence-electron chi connectivity index (χ3n) is 8.13. The summed E-state index contributed by atoms with van der Waals surface area (Å²) in [5.41, 5.74) is 3.20. The molecule has 5 aromatic rings. The maximum atomic E-state index is 12.4. The highest BCUT2D eigenvalue weighted by Gasteiger charge is 2.34. The highest BCUT2D eigenvalue weighted by atomic mass is 16.5. The first-order chi connectivity index (χ1) is 22.8. The number of piperazine rings is 1. The van der Waals surface area contributed by atoms with E-state index in [0.717, 1.165) is 42.8 Å². The maximum Gasteiger partial charge on any atom is 0.256 e. The molecule has 2 aliphatic heterocycles. The second kappa shape index (κ2) is 12.2. The van der Waals surface area contributed by atoms with Gasteiger partial charge in [0.1, 0.15) is 11.3 Å². The summed E-state index contributed by atoms with van der Waals surface area (Å²) < 4.78 is 11.4. The molecule has 1 atom stereocenters. The summed E-state index contributed by atoms with van der Waals surface area (Å²) in [6.07, 6.45) is 7.33. The molecule has 3 aromatic heterocycles. The molecule has 238 valence electrons. The van der Waals surface area contributed by atoms with Gasteiger partial charge < -0.3 is 39.7 Å². The van der Waals surface area contributed by atoms with Gasteiger partial charge in [-0.1, -0.05) is 18.7 Å². The quantitative estimate of drug-likeness (QED) is 0.162. The van der Waals surface area contributed by atoms with Gasteiger partial charge in [-0.05, 0) is 43.5 Å². The topological polar surface area (TPSA) is 169 Å². The van der Waals surface area contributed by atoms with Crippen LogP contribution in [0.25, 0.3) is 33.6 Å². The Kier molecular flexibility index (Phi) is 7.71. The number of amides is 1. The number of likely N-dealkylation sites (N-methyl/N-ethyl adjacent to an activating group) is 1. The minimum Gasteiger partial charge on any atom is -0.494 e. The van der Waals surface area contributed by atoms with Crippen molar-refractivity contribution in [1.29, 1.82) is 0 Å². The highest BCUT2D eigenvalue weighted by molar-refractivity contribution is 6.02. The largest absolute Gasteiger partial charge is 0.494 e. The molecule has 2 aliphatic rings. The van der Waals surface area contributed by atoms with Gasteiger partial charge in [-0.3, -0.25) is 4.79 Å². The van der Waals surface area contributed by atoms with Crippen LogP contribution in [0, 0.1) is 0 Å². The lowest BCUT2D eigenvalue weighted by atomic mass is 10.1. The van der Waals surface area contributed by atoms with Crippen molar-refractivity contribution in [3.8, 4) is 28.4 Å². The SMILES string of the molecule is C=CC(=O)Nc1cc(Nc2nccc(-c3[nH]c(C4(O)C=CN=N4)nc3-c3ccc4ccoc4c3)n2)c(OC)cc1N1CCN(C)CC1. The van der Waals surface area contributed by atoms with Crippen LogP contribution >= 0.6 is 0 Å². The monoisotopic (exact) mass is 632 g/mol. The number of carbonyl (C=O) groups is 1. The fourth-order valence-electron chi connectivity index (χ4n) is 5.57. The molecule has 5 heterocycles. The first kappa shape index (κ1) is 29.8. The third kappa shape index (κ3) is 5.82. The second-order valence-corrected chi connectivity index (χ2v) is 11.2. The molecule has 0 bridgehead atoms. The number of benzene rings is 2. The van der Waals surface area contributed by atoms with Gasteiger partial charge in [0.15, 0.2) is 5.82 Å². The number of aromatic nitrogens is 4. The predicted octanol–water partition coefficient (Wildman–Crippen LogP) is 5.03. The maximum absolute atomic E-state index is 12.4. The number of nitrogens with one attached hydrogen (secondary N) is 3. The van der Waals surface area contributed by atoms with E-state index in [0.29, 0.717) is 39.8 Å². The number of rotatable bonds is 9. The van der Waals surface area contributed by atoms with Crippen LogP contribution in [0.5, 0.6) is 5.75 Å². The number of ether oxygens (including phenoxy) is 1. The molecule has 47 heavy (non-hydrogen) atoms. The van der Waals surface area contributed by atoms with Crippen LogP contribution < -0.4 is 20.3 Å². The van der Waals surface area contributed by atoms with Gasteiger partial charge >= 0.3 is 0 Å². The average molecular weight is 633 g/mol. The summed E-state index contributed by atoms with van der Waals surface area (Å²) in [4.78, 5) is 34.1. The molecule has 7 rings (SSSR count). The Balaban J connectivity index is 1.27. The van der Waals surface area contributed by atoms with E-state index in [1.165, 1.54) is 18.4 Å². The van der Waals surface area contributed by atoms with Crippen LogP contribution in [0.4, 0.5) is 23.0 Å². The number of fused-ring (bicyclic) bond motifs is 1. The Labute approximate surface area is 269 Å². The molecule has 0 saturated carbocycles. The van der Waals surface area contributed by atoms with Crippen molar-refractivity contribution in [3.05, 3.63) is 85.7 Å². The molecule has 2 aromatic carbocycles. The summed E-state index contributed by atoms with van der Waals surface area (Å²) in [6, 6.07) is 13.0. The summed E-state index contributed by atoms with van der Waals surface area (Å²) in [5, 5.41) is 26.0. The molecule has 1 amide bonds. The van der Waals surface area contributed by atoms with Gasteiger partial charge in [0, 0.05) is 49.4 Å². The number of nitrogens with zero attached hydrogens (tertiary/aromatic N) is 7. The van der Waals surface area contributed by atoms with Crippen molar-refractivity contribution in [2.24, 2.45) is 10.2 Å². The molecule has 1 fully saturated rings. The van der Waals surface area contributed by atoms with Gasteiger partial charge in [-0.2, -0.15) is 5.11 Å². The first-order valence-corrected chi connectivity index (χ1v) is 14.9. The van der Waals surface area contributed by atoms with Crippen LogP contribution in [0.2, 0.25) is 0 Å². The molecule has 14 heteroatoms. The third-order valence-corrected chi connectivity index (χ3v) is 8.13. The van der Waals surface area contributed by atoms with Gasteiger partial charge in [-0.25, -0.2) is 15.0 Å². The molecule has 0 aliphatic carbocycles. The number of furan rings is 1. The van der Waals surface area contributed by atoms with Gasteiger partial charge in [0.05, 0.1) is 53.7 Å². The molecular formula is C33H32N10O4. The summed E-state index contributed by atoms with van der Waals surface area (Å²) in [5.74, 6) is 0.651. The predicted molar refractivity (Wildman–Crippen MR) is 178 cm³/mol. The van der Waals surface area contributed by atoms with E-state index < -0.39 is 5.72 Å². The lowest BCUT2D eigenvalue weighted by molar-refractivity contribution is -0.111. The number of imidazole rings is 1. The van der Waals surface area contributed by atoms with Crippen molar-refractivity contribution in [3.63, 3.8) is 0 Å². The van der Waals surface area contributed by atoms with Crippen molar-refractivity contribution < 1.29 is 19.1 Å². The number of carbonyl (C=O) groups excluding carboxylic acids is 1. The van der Waals surface area contributed by atoms with Crippen LogP contribution in [-0.4, -0.2) is 76.2 Å². The van der Waals surface area contributed by atoms with Crippen LogP contribution in [0.3, 0.4) is 0 Å². The van der Waals surface area contributed by atoms with E-state index >= 15 is 0 Å². The van der Waals surface area contributed by atoms with E-state index in [1.54, 1.807) is 31.7 Å². The van der Waals surface area contributed by atoms with Crippen molar-refractivity contribution >= 4 is 39.9 Å². The fraction of sp³-hybridized carbons (Fsp3) is 0.212. The van der Waals surface area contributed by atoms with Crippen LogP contribution in [0.15, 0.2) is 94.5 Å². The van der Waals surface area contributed by atoms with Gasteiger partial charge in [0.25, 0.3) is 5.72 Å². The molecule has 1 unspecified atom stereocenters. The Morgan fingerprint density at radius 2 is 1.98 bits per heavy atom. The van der Waals surface area contributed by atoms with Gasteiger partial charge in [0.2, 0.25) is 11.9 Å². The molecule has 14 nitrogen and oxygen atoms in total. The number of hydrogen-bond acceptors (Lipinski definition) is 12. The molecule has 0 radical (unpaired) electrons. The first-order valence-electron chi connectivity index (χ1n) is 14.9. The molecular weight excluding hydrogens is 600 g/mol. The van der Waals surface area contributed by atoms with Gasteiger partial charge in [-0.15, -0.1) is 5.11 Å². The van der Waals surface area contributed by atoms with Crippen LogP contribution in [0.1, 0.15) is 5.82 Å². The highest BCUT2D eigenvalue weighted by Crippen LogP contribution is 2.40. The Morgan fingerprint density at radius 1 is 1.13 bits per heavy atom. The summed E-state index contributed by atoms with van der Waals surface area (Å²) >= 11 is 0. The number of anilines is 4. The lowest BCUT2D eigenvalue weighted by Crippen LogP contribution is -2.44. The Morgan fingerprint density at radius 3 is 2.74 bits per heavy atom. The zero-order valence-corrected chi connectivity index (χ0v) is 25.8. The fourth-order valence-corrected chi connectivity index (χ4v) is 5.57. The smallest absolute Gasteiger partial charge is 0.256 e. The van der Waals surface area contributed by atoms with Crippen LogP contribution in [-0.2, 0) is 10.5 Å². The Bertz CT molecular complexity index is 2030.